The summed E-state index contributed by atoms with van der Waals surface area (Å²) in [5, 5.41) is 3.04. The number of nitrogens with one attached hydrogen (secondary N) is 1. The van der Waals surface area contributed by atoms with Crippen LogP contribution in [0.3, 0.4) is 0 Å². The monoisotopic (exact) mass is 529 g/mol. The quantitative estimate of drug-likeness (QED) is 0.530. The normalized spacial score (nSPS) is 20.9. The fraction of sp³-hybridized carbons (Fsp3) is 0.652. The van der Waals surface area contributed by atoms with Crippen molar-refractivity contribution in [1.82, 2.24) is 25.2 Å². The summed E-state index contributed by atoms with van der Waals surface area (Å²) in [7, 11) is 0. The first kappa shape index (κ1) is 26.6. The minimum atomic E-state index is -4.36. The Morgan fingerprint density at radius 1 is 1.22 bits per heavy atom. The van der Waals surface area contributed by atoms with Crippen molar-refractivity contribution in [3.8, 4) is 10.9 Å². The minimum absolute atomic E-state index is 0.0411. The number of alkyl halides is 3. The Bertz CT molecular complexity index is 971. The van der Waals surface area contributed by atoms with Gasteiger partial charge in [0.2, 0.25) is 0 Å². The van der Waals surface area contributed by atoms with Crippen molar-refractivity contribution in [1.29, 1.82) is 0 Å². The van der Waals surface area contributed by atoms with E-state index >= 15 is 0 Å². The zero-order valence-corrected chi connectivity index (χ0v) is 20.9. The molecule has 4 heterocycles. The fourth-order valence-corrected chi connectivity index (χ4v) is 5.11. The molecule has 0 aromatic carbocycles. The lowest BCUT2D eigenvalue weighted by atomic mass is 10.0. The first-order valence-electron chi connectivity index (χ1n) is 12.0. The number of hydrogen-bond acceptors (Lipinski definition) is 9. The number of hydrogen-bond donors (Lipinski definition) is 1. The molecule has 2 aromatic heterocycles. The van der Waals surface area contributed by atoms with Crippen LogP contribution in [0.2, 0.25) is 0 Å². The van der Waals surface area contributed by atoms with Gasteiger partial charge in [-0.1, -0.05) is 11.3 Å². The number of fused-ring (bicyclic) bond motifs is 1. The highest BCUT2D eigenvalue weighted by molar-refractivity contribution is 7.13. The summed E-state index contributed by atoms with van der Waals surface area (Å²) in [4.78, 5) is 27.8. The predicted octanol–water partition coefficient (Wildman–Crippen LogP) is 2.72. The lowest BCUT2D eigenvalue weighted by molar-refractivity contribution is -0.153. The van der Waals surface area contributed by atoms with E-state index in [0.29, 0.717) is 24.6 Å². The summed E-state index contributed by atoms with van der Waals surface area (Å²) in [5.74, 6) is 0.877. The predicted molar refractivity (Wildman–Crippen MR) is 125 cm³/mol. The maximum absolute atomic E-state index is 12.4. The van der Waals surface area contributed by atoms with Gasteiger partial charge in [0.1, 0.15) is 5.82 Å². The van der Waals surface area contributed by atoms with Crippen LogP contribution < -0.4 is 14.8 Å². The van der Waals surface area contributed by atoms with Crippen molar-refractivity contribution in [3.63, 3.8) is 0 Å². The third kappa shape index (κ3) is 8.27. The molecule has 1 N–H and O–H groups in total. The van der Waals surface area contributed by atoms with Crippen LogP contribution in [0.1, 0.15) is 35.7 Å². The third-order valence-corrected chi connectivity index (χ3v) is 7.14. The molecule has 2 aromatic rings. The Labute approximate surface area is 211 Å². The highest BCUT2D eigenvalue weighted by Crippen LogP contribution is 2.29. The lowest BCUT2D eigenvalue weighted by Crippen LogP contribution is -2.45. The SMILES string of the molecule is Cc1ncc(OCC(=O)N[C@H]2CC[C@H](CCN3CCc4nc(OCC(F)(F)F)sc4CC3)OC2)cn1. The van der Waals surface area contributed by atoms with Gasteiger partial charge in [-0.25, -0.2) is 15.0 Å². The summed E-state index contributed by atoms with van der Waals surface area (Å²) >= 11 is 1.21. The van der Waals surface area contributed by atoms with E-state index in [0.717, 1.165) is 55.9 Å². The van der Waals surface area contributed by atoms with Gasteiger partial charge in [-0.15, -0.1) is 0 Å². The van der Waals surface area contributed by atoms with Gasteiger partial charge < -0.3 is 24.4 Å². The van der Waals surface area contributed by atoms with Crippen LogP contribution in [0.4, 0.5) is 13.2 Å². The molecule has 0 radical (unpaired) electrons. The largest absolute Gasteiger partial charge is 0.481 e. The number of aromatic nitrogens is 3. The van der Waals surface area contributed by atoms with Crippen LogP contribution in [-0.2, 0) is 22.4 Å². The van der Waals surface area contributed by atoms with Crippen molar-refractivity contribution < 1.29 is 32.2 Å². The Kier molecular flexibility index (Phi) is 8.96. The molecule has 0 spiro atoms. The Morgan fingerprint density at radius 2 is 2.00 bits per heavy atom. The van der Waals surface area contributed by atoms with Gasteiger partial charge in [0, 0.05) is 30.9 Å². The van der Waals surface area contributed by atoms with Gasteiger partial charge in [-0.3, -0.25) is 4.79 Å². The van der Waals surface area contributed by atoms with Crippen LogP contribution in [0, 0.1) is 6.92 Å². The molecule has 4 rings (SSSR count). The molecule has 9 nitrogen and oxygen atoms in total. The second kappa shape index (κ2) is 12.2. The number of thiazole rings is 1. The Balaban J connectivity index is 1.11. The zero-order chi connectivity index (χ0) is 25.5. The molecule has 2 aliphatic heterocycles. The summed E-state index contributed by atoms with van der Waals surface area (Å²) < 4.78 is 53.3. The highest BCUT2D eigenvalue weighted by Gasteiger charge is 2.30. The first-order chi connectivity index (χ1) is 17.2. The number of aryl methyl sites for hydroxylation is 1. The van der Waals surface area contributed by atoms with Crippen LogP contribution >= 0.6 is 11.3 Å². The summed E-state index contributed by atoms with van der Waals surface area (Å²) in [6.45, 7) is 3.33. The van der Waals surface area contributed by atoms with E-state index in [4.69, 9.17) is 14.2 Å². The van der Waals surface area contributed by atoms with Gasteiger partial charge in [0.25, 0.3) is 11.1 Å². The van der Waals surface area contributed by atoms with E-state index in [1.807, 2.05) is 0 Å². The van der Waals surface area contributed by atoms with Gasteiger partial charge in [0.05, 0.1) is 36.8 Å². The first-order valence-corrected chi connectivity index (χ1v) is 12.8. The molecular weight excluding hydrogens is 499 g/mol. The van der Waals surface area contributed by atoms with Crippen LogP contribution in [0.25, 0.3) is 0 Å². The van der Waals surface area contributed by atoms with E-state index in [1.54, 1.807) is 6.92 Å². The molecule has 36 heavy (non-hydrogen) atoms. The maximum atomic E-state index is 12.4. The number of halogens is 3. The maximum Gasteiger partial charge on any atom is 0.422 e. The highest BCUT2D eigenvalue weighted by atomic mass is 32.1. The number of nitrogens with zero attached hydrogens (tertiary/aromatic N) is 4. The van der Waals surface area contributed by atoms with Crippen molar-refractivity contribution in [2.45, 2.75) is 57.3 Å². The number of ether oxygens (including phenoxy) is 3. The standard InChI is InChI=1S/C23H30F3N5O4S/c1-15-27-10-18(11-28-15)34-13-21(32)29-16-2-3-17(33-12-16)4-7-31-8-5-19-20(6-9-31)36-22(30-19)35-14-23(24,25)26/h10-11,16-17H,2-9,12-14H2,1H3,(H,29,32)/t16-,17+/m0/s1. The third-order valence-electron chi connectivity index (χ3n) is 6.07. The molecule has 198 valence electrons. The second-order valence-electron chi connectivity index (χ2n) is 8.94. The topological polar surface area (TPSA) is 98.7 Å². The molecule has 1 fully saturated rings. The molecule has 1 saturated heterocycles. The molecule has 0 bridgehead atoms. The zero-order valence-electron chi connectivity index (χ0n) is 20.1. The van der Waals surface area contributed by atoms with Gasteiger partial charge in [-0.05, 0) is 32.6 Å². The van der Waals surface area contributed by atoms with Gasteiger partial charge >= 0.3 is 6.18 Å². The smallest absolute Gasteiger partial charge is 0.422 e. The van der Waals surface area contributed by atoms with Crippen molar-refractivity contribution in [3.05, 3.63) is 28.8 Å². The molecule has 0 unspecified atom stereocenters. The Hall–Kier alpha value is -2.51. The van der Waals surface area contributed by atoms with Gasteiger partial charge in [0.15, 0.2) is 19.0 Å². The summed E-state index contributed by atoms with van der Waals surface area (Å²) in [6, 6.07) is -0.0411. The van der Waals surface area contributed by atoms with E-state index in [9.17, 15) is 18.0 Å². The van der Waals surface area contributed by atoms with E-state index in [1.165, 1.54) is 23.7 Å². The molecule has 2 aliphatic rings. The number of rotatable bonds is 9. The van der Waals surface area contributed by atoms with Crippen molar-refractivity contribution >= 4 is 17.2 Å². The van der Waals surface area contributed by atoms with Crippen LogP contribution in [0.15, 0.2) is 12.4 Å². The lowest BCUT2D eigenvalue weighted by Gasteiger charge is -2.31. The van der Waals surface area contributed by atoms with Crippen molar-refractivity contribution in [2.24, 2.45) is 0 Å². The average Bonchev–Trinajstić information content (AvgIpc) is 3.15. The molecule has 13 heteroatoms. The molecule has 0 aliphatic carbocycles. The Morgan fingerprint density at radius 3 is 2.72 bits per heavy atom. The molecule has 1 amide bonds. The van der Waals surface area contributed by atoms with Crippen molar-refractivity contribution in [2.75, 3.05) is 39.5 Å². The molecular formula is C23H30F3N5O4S. The summed E-state index contributed by atoms with van der Waals surface area (Å²) in [5.41, 5.74) is 0.839. The number of amides is 1. The second-order valence-corrected chi connectivity index (χ2v) is 9.98. The van der Waals surface area contributed by atoms with E-state index in [2.05, 4.69) is 25.2 Å². The number of carbonyl (C=O) groups is 1. The summed E-state index contributed by atoms with van der Waals surface area (Å²) in [6.07, 6.45) is 2.87. The van der Waals surface area contributed by atoms with Crippen LogP contribution in [0.5, 0.6) is 10.9 Å². The van der Waals surface area contributed by atoms with Crippen LogP contribution in [-0.4, -0.2) is 83.5 Å². The molecule has 0 saturated carbocycles. The fourth-order valence-electron chi connectivity index (χ4n) is 4.16. The van der Waals surface area contributed by atoms with Gasteiger partial charge in [-0.2, -0.15) is 13.2 Å². The molecule has 2 atom stereocenters. The average molecular weight is 530 g/mol. The van der Waals surface area contributed by atoms with E-state index < -0.39 is 12.8 Å². The minimum Gasteiger partial charge on any atom is -0.481 e. The number of carbonyl (C=O) groups excluding carboxylic acids is 1. The van der Waals surface area contributed by atoms with E-state index in [-0.39, 0.29) is 29.9 Å².